The van der Waals surface area contributed by atoms with Crippen LogP contribution in [0.1, 0.15) is 52.9 Å². The van der Waals surface area contributed by atoms with Gasteiger partial charge in [-0.3, -0.25) is 0 Å². The van der Waals surface area contributed by atoms with E-state index in [4.69, 9.17) is 9.47 Å². The van der Waals surface area contributed by atoms with Crippen molar-refractivity contribution in [3.8, 4) is 0 Å². The molecule has 0 aromatic carbocycles. The van der Waals surface area contributed by atoms with E-state index in [2.05, 4.69) is 13.8 Å². The van der Waals surface area contributed by atoms with Crippen LogP contribution < -0.4 is 0 Å². The van der Waals surface area contributed by atoms with E-state index in [0.717, 1.165) is 25.9 Å². The molecule has 0 radical (unpaired) electrons. The second-order valence-corrected chi connectivity index (χ2v) is 5.30. The van der Waals surface area contributed by atoms with Crippen molar-refractivity contribution in [1.82, 2.24) is 0 Å². The Morgan fingerprint density at radius 1 is 1.41 bits per heavy atom. The average Bonchev–Trinajstić information content (AvgIpc) is 2.78. The summed E-state index contributed by atoms with van der Waals surface area (Å²) in [7, 11) is 0. The van der Waals surface area contributed by atoms with Gasteiger partial charge in [-0.05, 0) is 44.9 Å². The highest BCUT2D eigenvalue weighted by Gasteiger charge is 2.23. The molecule has 0 aliphatic carbocycles. The standard InChI is InChI=1S/C14H28O3/c1-4-16-14(11(2)3)13(15)9-5-7-12-8-6-10-17-12/h11-15H,4-10H2,1-3H3. The quantitative estimate of drug-likeness (QED) is 0.713. The molecule has 1 fully saturated rings. The molecule has 3 nitrogen and oxygen atoms in total. The van der Waals surface area contributed by atoms with Crippen molar-refractivity contribution in [2.45, 2.75) is 71.2 Å². The summed E-state index contributed by atoms with van der Waals surface area (Å²) in [4.78, 5) is 0. The minimum atomic E-state index is -0.337. The van der Waals surface area contributed by atoms with Gasteiger partial charge in [-0.15, -0.1) is 0 Å². The SMILES string of the molecule is CCOC(C(C)C)C(O)CCCC1CCCO1. The van der Waals surface area contributed by atoms with Crippen LogP contribution in [0.15, 0.2) is 0 Å². The first kappa shape index (κ1) is 14.9. The Morgan fingerprint density at radius 3 is 2.71 bits per heavy atom. The van der Waals surface area contributed by atoms with E-state index < -0.39 is 0 Å². The van der Waals surface area contributed by atoms with E-state index in [1.165, 1.54) is 12.8 Å². The van der Waals surface area contributed by atoms with E-state index in [-0.39, 0.29) is 12.2 Å². The third-order valence-corrected chi connectivity index (χ3v) is 3.45. The van der Waals surface area contributed by atoms with Crippen molar-refractivity contribution >= 4 is 0 Å². The highest BCUT2D eigenvalue weighted by molar-refractivity contribution is 4.74. The number of ether oxygens (including phenoxy) is 2. The highest BCUT2D eigenvalue weighted by Crippen LogP contribution is 2.20. The maximum Gasteiger partial charge on any atom is 0.0856 e. The first-order valence-corrected chi connectivity index (χ1v) is 7.06. The molecule has 1 N–H and O–H groups in total. The van der Waals surface area contributed by atoms with Gasteiger partial charge in [0, 0.05) is 13.2 Å². The normalized spacial score (nSPS) is 24.2. The van der Waals surface area contributed by atoms with Crippen molar-refractivity contribution in [1.29, 1.82) is 0 Å². The van der Waals surface area contributed by atoms with Crippen LogP contribution in [0.4, 0.5) is 0 Å². The average molecular weight is 244 g/mol. The van der Waals surface area contributed by atoms with E-state index in [1.54, 1.807) is 0 Å². The van der Waals surface area contributed by atoms with Crippen LogP contribution in [0.5, 0.6) is 0 Å². The van der Waals surface area contributed by atoms with Crippen LogP contribution in [-0.2, 0) is 9.47 Å². The van der Waals surface area contributed by atoms with Crippen molar-refractivity contribution in [2.24, 2.45) is 5.92 Å². The lowest BCUT2D eigenvalue weighted by atomic mass is 9.96. The summed E-state index contributed by atoms with van der Waals surface area (Å²) in [6.45, 7) is 7.77. The molecule has 0 spiro atoms. The molecule has 3 unspecified atom stereocenters. The van der Waals surface area contributed by atoms with Gasteiger partial charge in [0.1, 0.15) is 0 Å². The zero-order valence-corrected chi connectivity index (χ0v) is 11.5. The Morgan fingerprint density at radius 2 is 2.18 bits per heavy atom. The Hall–Kier alpha value is -0.120. The van der Waals surface area contributed by atoms with Crippen molar-refractivity contribution in [3.63, 3.8) is 0 Å². The van der Waals surface area contributed by atoms with Crippen molar-refractivity contribution in [2.75, 3.05) is 13.2 Å². The van der Waals surface area contributed by atoms with Crippen LogP contribution >= 0.6 is 0 Å². The molecule has 102 valence electrons. The smallest absolute Gasteiger partial charge is 0.0856 e. The highest BCUT2D eigenvalue weighted by atomic mass is 16.5. The fraction of sp³-hybridized carbons (Fsp3) is 1.00. The topological polar surface area (TPSA) is 38.7 Å². The van der Waals surface area contributed by atoms with Crippen molar-refractivity contribution < 1.29 is 14.6 Å². The maximum atomic E-state index is 10.1. The Balaban J connectivity index is 2.18. The molecule has 1 saturated heterocycles. The van der Waals surface area contributed by atoms with Gasteiger partial charge < -0.3 is 14.6 Å². The fourth-order valence-corrected chi connectivity index (χ4v) is 2.53. The van der Waals surface area contributed by atoms with Gasteiger partial charge in [0.05, 0.1) is 18.3 Å². The monoisotopic (exact) mass is 244 g/mol. The second kappa shape index (κ2) is 8.06. The van der Waals surface area contributed by atoms with Gasteiger partial charge in [-0.1, -0.05) is 13.8 Å². The van der Waals surface area contributed by atoms with E-state index in [1.807, 2.05) is 6.92 Å². The minimum absolute atomic E-state index is 0.0236. The fourth-order valence-electron chi connectivity index (χ4n) is 2.53. The predicted molar refractivity (Wildman–Crippen MR) is 69.1 cm³/mol. The van der Waals surface area contributed by atoms with Crippen molar-refractivity contribution in [3.05, 3.63) is 0 Å². The van der Waals surface area contributed by atoms with Gasteiger partial charge in [-0.2, -0.15) is 0 Å². The summed E-state index contributed by atoms with van der Waals surface area (Å²) in [5.41, 5.74) is 0. The lowest BCUT2D eigenvalue weighted by Gasteiger charge is -2.26. The van der Waals surface area contributed by atoms with E-state index in [0.29, 0.717) is 18.6 Å². The summed E-state index contributed by atoms with van der Waals surface area (Å²) < 4.78 is 11.2. The van der Waals surface area contributed by atoms with Gasteiger partial charge in [0.15, 0.2) is 0 Å². The molecule has 0 aromatic heterocycles. The molecule has 1 heterocycles. The molecule has 0 saturated carbocycles. The molecule has 1 rings (SSSR count). The molecule has 3 heteroatoms. The maximum absolute atomic E-state index is 10.1. The van der Waals surface area contributed by atoms with Crippen LogP contribution in [0.25, 0.3) is 0 Å². The lowest BCUT2D eigenvalue weighted by Crippen LogP contribution is -2.34. The van der Waals surface area contributed by atoms with Crippen LogP contribution in [-0.4, -0.2) is 36.6 Å². The van der Waals surface area contributed by atoms with Crippen LogP contribution in [0.3, 0.4) is 0 Å². The summed E-state index contributed by atoms with van der Waals surface area (Å²) in [5, 5.41) is 10.1. The third kappa shape index (κ3) is 5.36. The predicted octanol–water partition coefficient (Wildman–Crippen LogP) is 2.76. The molecule has 3 atom stereocenters. The minimum Gasteiger partial charge on any atom is -0.390 e. The van der Waals surface area contributed by atoms with E-state index >= 15 is 0 Å². The van der Waals surface area contributed by atoms with Gasteiger partial charge in [0.25, 0.3) is 0 Å². The summed E-state index contributed by atoms with van der Waals surface area (Å²) >= 11 is 0. The number of hydrogen-bond acceptors (Lipinski definition) is 3. The summed E-state index contributed by atoms with van der Waals surface area (Å²) in [6.07, 6.45) is 5.39. The Kier molecular flexibility index (Phi) is 7.09. The Labute approximate surface area is 105 Å². The molecular formula is C14H28O3. The molecular weight excluding hydrogens is 216 g/mol. The number of aliphatic hydroxyl groups is 1. The zero-order valence-electron chi connectivity index (χ0n) is 11.5. The van der Waals surface area contributed by atoms with E-state index in [9.17, 15) is 5.11 Å². The van der Waals surface area contributed by atoms with Crippen LogP contribution in [0.2, 0.25) is 0 Å². The van der Waals surface area contributed by atoms with Gasteiger partial charge in [-0.25, -0.2) is 0 Å². The molecule has 0 amide bonds. The molecule has 0 aromatic rings. The first-order chi connectivity index (χ1) is 8.15. The summed E-state index contributed by atoms with van der Waals surface area (Å²) in [6, 6.07) is 0. The van der Waals surface area contributed by atoms with Crippen LogP contribution in [0, 0.1) is 5.92 Å². The number of hydrogen-bond donors (Lipinski definition) is 1. The Bertz CT molecular complexity index is 188. The number of aliphatic hydroxyl groups excluding tert-OH is 1. The molecule has 1 aliphatic heterocycles. The largest absolute Gasteiger partial charge is 0.390 e. The zero-order chi connectivity index (χ0) is 12.7. The van der Waals surface area contributed by atoms with Gasteiger partial charge in [0.2, 0.25) is 0 Å². The molecule has 1 aliphatic rings. The first-order valence-electron chi connectivity index (χ1n) is 7.06. The molecule has 17 heavy (non-hydrogen) atoms. The summed E-state index contributed by atoms with van der Waals surface area (Å²) in [5.74, 6) is 0.368. The third-order valence-electron chi connectivity index (χ3n) is 3.45. The van der Waals surface area contributed by atoms with Gasteiger partial charge >= 0.3 is 0 Å². The second-order valence-electron chi connectivity index (χ2n) is 5.30. The lowest BCUT2D eigenvalue weighted by molar-refractivity contribution is -0.0611. The number of rotatable bonds is 8. The molecule has 0 bridgehead atoms.